The van der Waals surface area contributed by atoms with E-state index in [0.29, 0.717) is 28.8 Å². The molecule has 32 heavy (non-hydrogen) atoms. The Hall–Kier alpha value is -3.24. The molecule has 0 saturated carbocycles. The van der Waals surface area contributed by atoms with Gasteiger partial charge >= 0.3 is 0 Å². The van der Waals surface area contributed by atoms with Gasteiger partial charge in [-0.15, -0.1) is 12.4 Å². The Morgan fingerprint density at radius 1 is 1.09 bits per heavy atom. The zero-order valence-corrected chi connectivity index (χ0v) is 19.8. The summed E-state index contributed by atoms with van der Waals surface area (Å²) in [5.74, 6) is 0.543. The van der Waals surface area contributed by atoms with Gasteiger partial charge in [0.05, 0.1) is 22.4 Å². The number of fused-ring (bicyclic) bond motifs is 1. The number of aromatic nitrogens is 1. The Kier molecular flexibility index (Phi) is 7.76. The first-order valence-electron chi connectivity index (χ1n) is 9.36. The van der Waals surface area contributed by atoms with Crippen LogP contribution >= 0.6 is 12.4 Å². The van der Waals surface area contributed by atoms with Crippen LogP contribution < -0.4 is 4.74 Å². The van der Waals surface area contributed by atoms with E-state index in [9.17, 15) is 18.5 Å². The van der Waals surface area contributed by atoms with E-state index in [1.807, 2.05) is 43.3 Å². The maximum Gasteiger partial charge on any atom is 0.270 e. The Morgan fingerprint density at radius 3 is 2.31 bits per heavy atom. The molecule has 0 unspecified atom stereocenters. The number of rotatable bonds is 8. The molecule has 3 aromatic rings. The Balaban J connectivity index is 0.00000363. The topological polar surface area (TPSA) is 97.9 Å². The van der Waals surface area contributed by atoms with Crippen molar-refractivity contribution in [3.05, 3.63) is 76.7 Å². The lowest BCUT2D eigenvalue weighted by atomic mass is 10.1. The normalized spacial score (nSPS) is 11.4. The summed E-state index contributed by atoms with van der Waals surface area (Å²) < 4.78 is 32.9. The van der Waals surface area contributed by atoms with Crippen molar-refractivity contribution in [2.24, 2.45) is 0 Å². The van der Waals surface area contributed by atoms with E-state index in [2.05, 4.69) is 0 Å². The molecule has 3 rings (SSSR count). The second kappa shape index (κ2) is 9.92. The molecule has 0 atom stereocenters. The van der Waals surface area contributed by atoms with E-state index in [0.717, 1.165) is 0 Å². The third kappa shape index (κ3) is 5.14. The van der Waals surface area contributed by atoms with E-state index in [1.54, 1.807) is 12.1 Å². The monoisotopic (exact) mass is 480 g/mol. The smallest absolute Gasteiger partial charge is 0.270 e. The molecule has 11 heteroatoms. The summed E-state index contributed by atoms with van der Waals surface area (Å²) in [5, 5.41) is 11.8. The van der Waals surface area contributed by atoms with Crippen LogP contribution in [0, 0.1) is 10.1 Å². The molecule has 0 radical (unpaired) electrons. The van der Waals surface area contributed by atoms with Gasteiger partial charge in [0.25, 0.3) is 15.7 Å². The minimum absolute atomic E-state index is 0. The molecule has 0 amide bonds. The number of hydrogen-bond donors (Lipinski definition) is 0. The first-order chi connectivity index (χ1) is 14.6. The van der Waals surface area contributed by atoms with Crippen molar-refractivity contribution in [2.45, 2.75) is 11.4 Å². The molecule has 9 nitrogen and oxygen atoms in total. The third-order valence-corrected chi connectivity index (χ3v) is 6.39. The molecule has 0 N–H and O–H groups in total. The number of halogens is 1. The standard InChI is InChI=1S/C21H24N4O5S.ClH/c1-22(2)11-12-23(3)14-16-15-24(21-10-5-17(25(26)27)13-20(16)21)31(28,29)19-8-6-18(30-4)7-9-19;/h5-13,15H,14H2,1-4H3;1H/b12-11+;. The van der Waals surface area contributed by atoms with Crippen LogP contribution in [-0.4, -0.2) is 55.4 Å². The van der Waals surface area contributed by atoms with E-state index < -0.39 is 14.9 Å². The van der Waals surface area contributed by atoms with Crippen molar-refractivity contribution in [3.8, 4) is 5.75 Å². The molecule has 0 saturated heterocycles. The summed E-state index contributed by atoms with van der Waals surface area (Å²) in [7, 11) is 3.21. The van der Waals surface area contributed by atoms with Gasteiger partial charge in [-0.05, 0) is 35.9 Å². The summed E-state index contributed by atoms with van der Waals surface area (Å²) in [6.07, 6.45) is 5.22. The quantitative estimate of drug-likeness (QED) is 0.358. The number of ether oxygens (including phenoxy) is 1. The minimum atomic E-state index is -3.92. The molecule has 1 aromatic heterocycles. The zero-order valence-electron chi connectivity index (χ0n) is 18.1. The van der Waals surface area contributed by atoms with Crippen molar-refractivity contribution in [1.82, 2.24) is 13.8 Å². The number of nitro groups is 1. The van der Waals surface area contributed by atoms with Crippen LogP contribution in [0.1, 0.15) is 5.56 Å². The molecule has 0 bridgehead atoms. The summed E-state index contributed by atoms with van der Waals surface area (Å²) in [4.78, 5) is 14.6. The molecule has 0 aliphatic carbocycles. The second-order valence-electron chi connectivity index (χ2n) is 7.27. The average molecular weight is 481 g/mol. The maximum atomic E-state index is 13.3. The number of methoxy groups -OCH3 is 1. The van der Waals surface area contributed by atoms with Crippen LogP contribution in [0.15, 0.2) is 66.0 Å². The Bertz CT molecular complexity index is 1240. The van der Waals surface area contributed by atoms with Gasteiger partial charge in [0.15, 0.2) is 0 Å². The molecule has 0 spiro atoms. The van der Waals surface area contributed by atoms with E-state index in [1.165, 1.54) is 47.6 Å². The number of nitro benzene ring substituents is 1. The molecule has 0 aliphatic rings. The Labute approximate surface area is 193 Å². The fourth-order valence-corrected chi connectivity index (χ4v) is 4.51. The number of non-ortho nitro benzene ring substituents is 1. The average Bonchev–Trinajstić information content (AvgIpc) is 3.10. The highest BCUT2D eigenvalue weighted by Gasteiger charge is 2.23. The highest BCUT2D eigenvalue weighted by molar-refractivity contribution is 7.90. The second-order valence-corrected chi connectivity index (χ2v) is 9.08. The number of hydrogen-bond acceptors (Lipinski definition) is 7. The molecular weight excluding hydrogens is 456 g/mol. The van der Waals surface area contributed by atoms with Crippen molar-refractivity contribution < 1.29 is 18.1 Å². The zero-order chi connectivity index (χ0) is 22.8. The number of nitrogens with zero attached hydrogens (tertiary/aromatic N) is 4. The van der Waals surface area contributed by atoms with E-state index in [-0.39, 0.29) is 23.0 Å². The van der Waals surface area contributed by atoms with Gasteiger partial charge in [-0.25, -0.2) is 12.4 Å². The minimum Gasteiger partial charge on any atom is -0.497 e. The predicted octanol–water partition coefficient (Wildman–Crippen LogP) is 3.68. The van der Waals surface area contributed by atoms with Crippen LogP contribution in [0.5, 0.6) is 5.75 Å². The van der Waals surface area contributed by atoms with Crippen molar-refractivity contribution >= 4 is 39.0 Å². The summed E-state index contributed by atoms with van der Waals surface area (Å²) in [6.45, 7) is 0.368. The SMILES string of the molecule is COc1ccc(S(=O)(=O)n2cc(CN(C)/C=C/N(C)C)c3cc([N+](=O)[O-])ccc32)cc1.Cl. The third-order valence-electron chi connectivity index (χ3n) is 4.70. The first kappa shape index (κ1) is 25.0. The van der Waals surface area contributed by atoms with Gasteiger partial charge in [0.2, 0.25) is 0 Å². The Morgan fingerprint density at radius 2 is 1.75 bits per heavy atom. The van der Waals surface area contributed by atoms with E-state index in [4.69, 9.17) is 4.74 Å². The van der Waals surface area contributed by atoms with Gasteiger partial charge in [-0.2, -0.15) is 0 Å². The summed E-state index contributed by atoms with van der Waals surface area (Å²) >= 11 is 0. The maximum absolute atomic E-state index is 13.3. The van der Waals surface area contributed by atoms with Gasteiger partial charge in [-0.1, -0.05) is 0 Å². The van der Waals surface area contributed by atoms with Gasteiger partial charge in [0, 0.05) is 63.8 Å². The lowest BCUT2D eigenvalue weighted by Gasteiger charge is -2.14. The molecule has 0 aliphatic heterocycles. The molecule has 2 aromatic carbocycles. The molecule has 172 valence electrons. The van der Waals surface area contributed by atoms with Crippen LogP contribution in [0.4, 0.5) is 5.69 Å². The van der Waals surface area contributed by atoms with Crippen LogP contribution in [0.2, 0.25) is 0 Å². The highest BCUT2D eigenvalue weighted by atomic mass is 35.5. The van der Waals surface area contributed by atoms with Crippen LogP contribution in [-0.2, 0) is 16.6 Å². The molecule has 1 heterocycles. The van der Waals surface area contributed by atoms with Crippen LogP contribution in [0.3, 0.4) is 0 Å². The van der Waals surface area contributed by atoms with Gasteiger partial charge < -0.3 is 14.5 Å². The largest absolute Gasteiger partial charge is 0.497 e. The lowest BCUT2D eigenvalue weighted by Crippen LogP contribution is -2.13. The van der Waals surface area contributed by atoms with Gasteiger partial charge in [-0.3, -0.25) is 10.1 Å². The number of benzene rings is 2. The van der Waals surface area contributed by atoms with Crippen molar-refractivity contribution in [2.75, 3.05) is 28.3 Å². The summed E-state index contributed by atoms with van der Waals surface area (Å²) in [5.41, 5.74) is 0.933. The molecular formula is C21H25ClN4O5S. The fourth-order valence-electron chi connectivity index (χ4n) is 3.12. The van der Waals surface area contributed by atoms with Crippen molar-refractivity contribution in [3.63, 3.8) is 0 Å². The van der Waals surface area contributed by atoms with Crippen LogP contribution in [0.25, 0.3) is 10.9 Å². The van der Waals surface area contributed by atoms with E-state index >= 15 is 0 Å². The summed E-state index contributed by atoms with van der Waals surface area (Å²) in [6, 6.07) is 10.3. The first-order valence-corrected chi connectivity index (χ1v) is 10.8. The lowest BCUT2D eigenvalue weighted by molar-refractivity contribution is -0.384. The highest BCUT2D eigenvalue weighted by Crippen LogP contribution is 2.30. The van der Waals surface area contributed by atoms with Crippen molar-refractivity contribution in [1.29, 1.82) is 0 Å². The predicted molar refractivity (Wildman–Crippen MR) is 126 cm³/mol. The molecule has 0 fully saturated rings. The van der Waals surface area contributed by atoms with Gasteiger partial charge in [0.1, 0.15) is 5.75 Å². The fraction of sp³-hybridized carbons (Fsp3) is 0.238.